The van der Waals surface area contributed by atoms with Crippen LogP contribution in [0.2, 0.25) is 0 Å². The molecule has 0 saturated carbocycles. The van der Waals surface area contributed by atoms with E-state index in [1.807, 2.05) is 25.8 Å². The van der Waals surface area contributed by atoms with Crippen molar-refractivity contribution in [2.75, 3.05) is 18.5 Å². The molecule has 0 unspecified atom stereocenters. The molecule has 4 nitrogen and oxygen atoms in total. The van der Waals surface area contributed by atoms with Gasteiger partial charge in [-0.15, -0.1) is 0 Å². The number of aryl methyl sites for hydroxylation is 1. The summed E-state index contributed by atoms with van der Waals surface area (Å²) in [5, 5.41) is 8.91. The molecule has 0 spiro atoms. The lowest BCUT2D eigenvalue weighted by Crippen LogP contribution is -2.19. The molecule has 0 radical (unpaired) electrons. The summed E-state index contributed by atoms with van der Waals surface area (Å²) in [6, 6.07) is 0. The van der Waals surface area contributed by atoms with Gasteiger partial charge in [-0.05, 0) is 13.8 Å². The highest BCUT2D eigenvalue weighted by Gasteiger charge is 2.04. The third-order valence-electron chi connectivity index (χ3n) is 2.05. The first-order valence-corrected chi connectivity index (χ1v) is 4.33. The molecular formula is C9H15N3O. The van der Waals surface area contributed by atoms with E-state index >= 15 is 0 Å². The van der Waals surface area contributed by atoms with E-state index in [4.69, 9.17) is 5.11 Å². The Hall–Kier alpha value is -1.16. The summed E-state index contributed by atoms with van der Waals surface area (Å²) in [6.07, 6.45) is 1.67. The minimum absolute atomic E-state index is 0.00194. The zero-order valence-corrected chi connectivity index (χ0v) is 8.28. The number of hydrogen-bond acceptors (Lipinski definition) is 4. The van der Waals surface area contributed by atoms with Crippen LogP contribution in [0.25, 0.3) is 0 Å². The van der Waals surface area contributed by atoms with Gasteiger partial charge in [0.05, 0.1) is 6.61 Å². The van der Waals surface area contributed by atoms with Crippen LogP contribution in [-0.4, -0.2) is 28.7 Å². The maximum atomic E-state index is 8.91. The predicted molar refractivity (Wildman–Crippen MR) is 51.6 cm³/mol. The van der Waals surface area contributed by atoms with Crippen LogP contribution in [0.4, 0.5) is 5.95 Å². The molecule has 1 heterocycles. The second-order valence-electron chi connectivity index (χ2n) is 2.95. The maximum Gasteiger partial charge on any atom is 0.225 e. The van der Waals surface area contributed by atoms with Crippen molar-refractivity contribution in [2.45, 2.75) is 20.5 Å². The van der Waals surface area contributed by atoms with E-state index < -0.39 is 0 Å². The van der Waals surface area contributed by atoms with Crippen molar-refractivity contribution in [2.24, 2.45) is 0 Å². The average molecular weight is 181 g/mol. The van der Waals surface area contributed by atoms with E-state index in [1.165, 1.54) is 0 Å². The topological polar surface area (TPSA) is 49.2 Å². The van der Waals surface area contributed by atoms with Crippen molar-refractivity contribution in [3.63, 3.8) is 0 Å². The molecule has 4 heteroatoms. The fourth-order valence-corrected chi connectivity index (χ4v) is 0.960. The Morgan fingerprint density at radius 1 is 1.54 bits per heavy atom. The summed E-state index contributed by atoms with van der Waals surface area (Å²) in [5.41, 5.74) is 1.63. The van der Waals surface area contributed by atoms with Crippen molar-refractivity contribution in [1.82, 2.24) is 9.97 Å². The zero-order valence-electron chi connectivity index (χ0n) is 8.28. The highest BCUT2D eigenvalue weighted by atomic mass is 16.3. The molecule has 0 aliphatic heterocycles. The smallest absolute Gasteiger partial charge is 0.225 e. The Bertz CT molecular complexity index is 288. The summed E-state index contributed by atoms with van der Waals surface area (Å²) in [7, 11) is 1.94. The SMILES string of the molecule is CCN(C)c1ncc(CO)c(C)n1. The van der Waals surface area contributed by atoms with Gasteiger partial charge in [0.15, 0.2) is 0 Å². The Balaban J connectivity index is 2.95. The van der Waals surface area contributed by atoms with Crippen LogP contribution in [0.15, 0.2) is 6.20 Å². The van der Waals surface area contributed by atoms with Crippen molar-refractivity contribution in [3.05, 3.63) is 17.5 Å². The van der Waals surface area contributed by atoms with E-state index in [9.17, 15) is 0 Å². The van der Waals surface area contributed by atoms with Gasteiger partial charge in [0.25, 0.3) is 0 Å². The van der Waals surface area contributed by atoms with Crippen LogP contribution >= 0.6 is 0 Å². The molecule has 0 aliphatic rings. The molecule has 0 bridgehead atoms. The number of aliphatic hydroxyl groups excluding tert-OH is 1. The number of rotatable bonds is 3. The lowest BCUT2D eigenvalue weighted by molar-refractivity contribution is 0.280. The minimum Gasteiger partial charge on any atom is -0.392 e. The second-order valence-corrected chi connectivity index (χ2v) is 2.95. The molecule has 1 aromatic heterocycles. The second kappa shape index (κ2) is 4.18. The lowest BCUT2D eigenvalue weighted by Gasteiger charge is -2.14. The van der Waals surface area contributed by atoms with E-state index in [-0.39, 0.29) is 6.61 Å². The molecule has 0 aliphatic carbocycles. The predicted octanol–water partition coefficient (Wildman–Crippen LogP) is 0.733. The average Bonchev–Trinajstić information content (AvgIpc) is 2.16. The molecule has 72 valence electrons. The van der Waals surface area contributed by atoms with Crippen molar-refractivity contribution >= 4 is 5.95 Å². The molecule has 0 fully saturated rings. The molecule has 1 N–H and O–H groups in total. The number of aromatic nitrogens is 2. The summed E-state index contributed by atoms with van der Waals surface area (Å²) in [5.74, 6) is 0.706. The van der Waals surface area contributed by atoms with E-state index in [1.54, 1.807) is 6.20 Å². The first-order chi connectivity index (χ1) is 6.19. The molecule has 0 aromatic carbocycles. The Morgan fingerprint density at radius 3 is 2.69 bits per heavy atom. The van der Waals surface area contributed by atoms with Crippen molar-refractivity contribution < 1.29 is 5.11 Å². The van der Waals surface area contributed by atoms with E-state index in [0.717, 1.165) is 17.8 Å². The van der Waals surface area contributed by atoms with Crippen LogP contribution in [0, 0.1) is 6.92 Å². The molecule has 1 rings (SSSR count). The van der Waals surface area contributed by atoms with E-state index in [2.05, 4.69) is 9.97 Å². The van der Waals surface area contributed by atoms with Crippen LogP contribution in [0.3, 0.4) is 0 Å². The third kappa shape index (κ3) is 2.15. The van der Waals surface area contributed by atoms with Gasteiger partial charge in [-0.3, -0.25) is 0 Å². The van der Waals surface area contributed by atoms with Gasteiger partial charge in [-0.2, -0.15) is 0 Å². The standard InChI is InChI=1S/C9H15N3O/c1-4-12(3)9-10-5-8(6-13)7(2)11-9/h5,13H,4,6H2,1-3H3. The Morgan fingerprint density at radius 2 is 2.23 bits per heavy atom. The third-order valence-corrected chi connectivity index (χ3v) is 2.05. The Kier molecular flexibility index (Phi) is 3.19. The summed E-state index contributed by atoms with van der Waals surface area (Å²) >= 11 is 0. The van der Waals surface area contributed by atoms with Crippen molar-refractivity contribution in [1.29, 1.82) is 0 Å². The van der Waals surface area contributed by atoms with Crippen LogP contribution in [-0.2, 0) is 6.61 Å². The number of hydrogen-bond donors (Lipinski definition) is 1. The van der Waals surface area contributed by atoms with Crippen LogP contribution < -0.4 is 4.90 Å². The molecule has 13 heavy (non-hydrogen) atoms. The van der Waals surface area contributed by atoms with Gasteiger partial charge in [0.1, 0.15) is 0 Å². The number of aliphatic hydroxyl groups is 1. The molecule has 0 saturated heterocycles. The van der Waals surface area contributed by atoms with Gasteiger partial charge in [-0.25, -0.2) is 9.97 Å². The number of anilines is 1. The lowest BCUT2D eigenvalue weighted by atomic mass is 10.2. The molecule has 0 atom stereocenters. The quantitative estimate of drug-likeness (QED) is 0.747. The Labute approximate surface area is 78.2 Å². The van der Waals surface area contributed by atoms with Gasteiger partial charge < -0.3 is 10.0 Å². The highest BCUT2D eigenvalue weighted by Crippen LogP contribution is 2.09. The molecule has 1 aromatic rings. The monoisotopic (exact) mass is 181 g/mol. The fraction of sp³-hybridized carbons (Fsp3) is 0.556. The van der Waals surface area contributed by atoms with E-state index in [0.29, 0.717) is 5.95 Å². The van der Waals surface area contributed by atoms with Gasteiger partial charge in [0, 0.05) is 31.0 Å². The summed E-state index contributed by atoms with van der Waals surface area (Å²) in [4.78, 5) is 10.4. The van der Waals surface area contributed by atoms with Gasteiger partial charge in [-0.1, -0.05) is 0 Å². The van der Waals surface area contributed by atoms with Gasteiger partial charge >= 0.3 is 0 Å². The largest absolute Gasteiger partial charge is 0.392 e. The maximum absolute atomic E-state index is 8.91. The first kappa shape index (κ1) is 9.92. The summed E-state index contributed by atoms with van der Waals surface area (Å²) in [6.45, 7) is 4.79. The van der Waals surface area contributed by atoms with Crippen LogP contribution in [0.1, 0.15) is 18.2 Å². The van der Waals surface area contributed by atoms with Crippen LogP contribution in [0.5, 0.6) is 0 Å². The normalized spacial score (nSPS) is 10.2. The zero-order chi connectivity index (χ0) is 9.84. The highest BCUT2D eigenvalue weighted by molar-refractivity contribution is 5.31. The fourth-order valence-electron chi connectivity index (χ4n) is 0.960. The van der Waals surface area contributed by atoms with Crippen molar-refractivity contribution in [3.8, 4) is 0 Å². The minimum atomic E-state index is 0.00194. The first-order valence-electron chi connectivity index (χ1n) is 4.33. The molecular weight excluding hydrogens is 166 g/mol. The number of nitrogens with zero attached hydrogens (tertiary/aromatic N) is 3. The molecule has 0 amide bonds. The summed E-state index contributed by atoms with van der Waals surface area (Å²) < 4.78 is 0. The van der Waals surface area contributed by atoms with Gasteiger partial charge in [0.2, 0.25) is 5.95 Å².